The Balaban J connectivity index is 1.29. The zero-order valence-corrected chi connectivity index (χ0v) is 31.9. The van der Waals surface area contributed by atoms with E-state index in [0.29, 0.717) is 24.8 Å². The van der Waals surface area contributed by atoms with Crippen molar-refractivity contribution in [2.45, 2.75) is 139 Å². The van der Waals surface area contributed by atoms with E-state index in [1.54, 1.807) is 26.2 Å². The number of carbonyl (C=O) groups is 4. The van der Waals surface area contributed by atoms with E-state index in [2.05, 4.69) is 58.8 Å². The third-order valence-corrected chi connectivity index (χ3v) is 15.4. The van der Waals surface area contributed by atoms with Crippen molar-refractivity contribution >= 4 is 23.6 Å². The standard InChI is InChI=1S/C42H60N2O6/c1-25(2)33-28(45)21-42(35(47)44-24-26-11-10-20-43-23-26)19-18-40(8)27(34(33)42)12-13-30-39(7)16-15-31(50-32(46)22-37(3,4)36(48)49)38(5,6)29(39)14-17-41(30,40)9/h10-11,20,23,25,27,29-31H,12-19,21-22,24H2,1-9H3,(H,44,47)(H,48,49)/t27?,29?,30?,31-,39-,40+,41+,42+/m0/s1. The molecule has 5 aliphatic carbocycles. The predicted molar refractivity (Wildman–Crippen MR) is 191 cm³/mol. The number of fused-ring (bicyclic) bond motifs is 7. The van der Waals surface area contributed by atoms with Crippen LogP contribution in [0.3, 0.4) is 0 Å². The van der Waals surface area contributed by atoms with Crippen molar-refractivity contribution in [1.29, 1.82) is 0 Å². The molecule has 0 aromatic carbocycles. The first kappa shape index (κ1) is 36.8. The zero-order valence-electron chi connectivity index (χ0n) is 31.9. The van der Waals surface area contributed by atoms with Crippen LogP contribution < -0.4 is 5.32 Å². The number of rotatable bonds is 8. The number of carbonyl (C=O) groups excluding carboxylic acids is 3. The largest absolute Gasteiger partial charge is 0.481 e. The maximum Gasteiger partial charge on any atom is 0.309 e. The highest BCUT2D eigenvalue weighted by molar-refractivity contribution is 6.07. The molecule has 0 aliphatic heterocycles. The predicted octanol–water partition coefficient (Wildman–Crippen LogP) is 8.09. The number of pyridine rings is 1. The van der Waals surface area contributed by atoms with Gasteiger partial charge in [0, 0.05) is 30.8 Å². The summed E-state index contributed by atoms with van der Waals surface area (Å²) in [5.41, 5.74) is 0.809. The fourth-order valence-electron chi connectivity index (χ4n) is 12.6. The van der Waals surface area contributed by atoms with Crippen molar-refractivity contribution in [3.8, 4) is 0 Å². The molecular weight excluding hydrogens is 628 g/mol. The molecule has 1 amide bonds. The van der Waals surface area contributed by atoms with Gasteiger partial charge in [-0.05, 0) is 128 Å². The second-order valence-electron chi connectivity index (χ2n) is 19.0. The number of allylic oxidation sites excluding steroid dienone is 1. The molecule has 1 aromatic rings. The SMILES string of the molecule is CC(C)C1=C2C3CCC4[C@@]5(C)CC[C@H](OC(=O)CC(C)(C)C(=O)O)C(C)(C)C5CC[C@@]4(C)[C@]3(C)CC[C@@]2(C(=O)NCc2cccnc2)CC1=O. The molecule has 5 aliphatic rings. The fraction of sp³-hybridized carbons (Fsp3) is 0.738. The van der Waals surface area contributed by atoms with Crippen LogP contribution in [0.15, 0.2) is 35.7 Å². The Morgan fingerprint density at radius 3 is 2.34 bits per heavy atom. The minimum Gasteiger partial charge on any atom is -0.481 e. The lowest BCUT2D eigenvalue weighted by Gasteiger charge is -2.72. The minimum atomic E-state index is -1.17. The van der Waals surface area contributed by atoms with Crippen molar-refractivity contribution < 1.29 is 29.0 Å². The van der Waals surface area contributed by atoms with E-state index >= 15 is 0 Å². The minimum absolute atomic E-state index is 0.00768. The van der Waals surface area contributed by atoms with Gasteiger partial charge in [-0.15, -0.1) is 0 Å². The van der Waals surface area contributed by atoms with Crippen LogP contribution in [0.25, 0.3) is 0 Å². The highest BCUT2D eigenvalue weighted by atomic mass is 16.5. The number of Topliss-reactive ketones (excluding diaryl/α,β-unsaturated/α-hetero) is 1. The van der Waals surface area contributed by atoms with Gasteiger partial charge in [-0.2, -0.15) is 0 Å². The number of nitrogens with one attached hydrogen (secondary N) is 1. The van der Waals surface area contributed by atoms with E-state index in [1.807, 2.05) is 12.1 Å². The van der Waals surface area contributed by atoms with Crippen molar-refractivity contribution in [3.63, 3.8) is 0 Å². The molecule has 4 saturated carbocycles. The highest BCUT2D eigenvalue weighted by Crippen LogP contribution is 2.76. The molecular formula is C42H60N2O6. The molecule has 0 bridgehead atoms. The number of nitrogens with zero attached hydrogens (tertiary/aromatic N) is 1. The number of hydrogen-bond acceptors (Lipinski definition) is 6. The summed E-state index contributed by atoms with van der Waals surface area (Å²) in [4.78, 5) is 57.3. The van der Waals surface area contributed by atoms with Crippen LogP contribution in [-0.4, -0.2) is 39.8 Å². The molecule has 274 valence electrons. The van der Waals surface area contributed by atoms with Gasteiger partial charge >= 0.3 is 11.9 Å². The molecule has 8 nitrogen and oxygen atoms in total. The number of aromatic nitrogens is 1. The summed E-state index contributed by atoms with van der Waals surface area (Å²) in [5, 5.41) is 12.8. The lowest BCUT2D eigenvalue weighted by atomic mass is 9.33. The maximum atomic E-state index is 14.4. The number of carboxylic acids is 1. The Morgan fingerprint density at radius 1 is 0.980 bits per heavy atom. The third kappa shape index (κ3) is 5.39. The van der Waals surface area contributed by atoms with Crippen LogP contribution in [0.5, 0.6) is 0 Å². The number of ether oxygens (including phenoxy) is 1. The normalized spacial score (nSPS) is 37.7. The summed E-state index contributed by atoms with van der Waals surface area (Å²) in [7, 11) is 0. The summed E-state index contributed by atoms with van der Waals surface area (Å²) in [6, 6.07) is 3.85. The molecule has 0 radical (unpaired) electrons. The molecule has 4 fully saturated rings. The number of ketones is 1. The molecule has 2 N–H and O–H groups in total. The molecule has 0 spiro atoms. The first-order valence-electron chi connectivity index (χ1n) is 19.1. The number of aliphatic carboxylic acids is 1. The van der Waals surface area contributed by atoms with Crippen molar-refractivity contribution in [1.82, 2.24) is 10.3 Å². The molecule has 0 saturated heterocycles. The van der Waals surface area contributed by atoms with Crippen molar-refractivity contribution in [2.75, 3.05) is 0 Å². The number of esters is 1. The topological polar surface area (TPSA) is 123 Å². The Hall–Kier alpha value is -3.03. The Bertz CT molecular complexity index is 1600. The number of amides is 1. The number of hydrogen-bond donors (Lipinski definition) is 2. The van der Waals surface area contributed by atoms with E-state index in [4.69, 9.17) is 4.74 Å². The van der Waals surface area contributed by atoms with Gasteiger partial charge in [-0.25, -0.2) is 0 Å². The van der Waals surface area contributed by atoms with Crippen LogP contribution in [-0.2, 0) is 30.5 Å². The molecule has 3 unspecified atom stereocenters. The summed E-state index contributed by atoms with van der Waals surface area (Å²) >= 11 is 0. The molecule has 8 heteroatoms. The van der Waals surface area contributed by atoms with E-state index in [1.165, 1.54) is 0 Å². The molecule has 1 heterocycles. The van der Waals surface area contributed by atoms with Crippen molar-refractivity contribution in [2.24, 2.45) is 56.2 Å². The van der Waals surface area contributed by atoms with Gasteiger partial charge in [0.05, 0.1) is 17.3 Å². The van der Waals surface area contributed by atoms with Crippen molar-refractivity contribution in [3.05, 3.63) is 41.2 Å². The average Bonchev–Trinajstić information content (AvgIpc) is 3.35. The summed E-state index contributed by atoms with van der Waals surface area (Å²) in [6.45, 7) is 19.8. The first-order chi connectivity index (χ1) is 23.2. The van der Waals surface area contributed by atoms with E-state index in [9.17, 15) is 24.3 Å². The Kier molecular flexibility index (Phi) is 9.03. The summed E-state index contributed by atoms with van der Waals surface area (Å²) in [5.74, 6) is -0.227. The zero-order chi connectivity index (χ0) is 36.7. The van der Waals surface area contributed by atoms with E-state index in [-0.39, 0.29) is 64.1 Å². The van der Waals surface area contributed by atoms with Crippen LogP contribution >= 0.6 is 0 Å². The van der Waals surface area contributed by atoms with Gasteiger partial charge in [0.15, 0.2) is 5.78 Å². The molecule has 50 heavy (non-hydrogen) atoms. The molecule has 8 atom stereocenters. The Morgan fingerprint density at radius 2 is 1.70 bits per heavy atom. The Labute approximate surface area is 299 Å². The van der Waals surface area contributed by atoms with Crippen LogP contribution in [0.4, 0.5) is 0 Å². The monoisotopic (exact) mass is 688 g/mol. The van der Waals surface area contributed by atoms with Gasteiger partial charge in [0.2, 0.25) is 5.91 Å². The summed E-state index contributed by atoms with van der Waals surface area (Å²) < 4.78 is 6.15. The van der Waals surface area contributed by atoms with E-state index in [0.717, 1.165) is 61.7 Å². The van der Waals surface area contributed by atoms with Gasteiger partial charge < -0.3 is 15.2 Å². The lowest BCUT2D eigenvalue weighted by Crippen LogP contribution is -2.66. The maximum absolute atomic E-state index is 14.4. The van der Waals surface area contributed by atoms with Crippen LogP contribution in [0.2, 0.25) is 0 Å². The highest BCUT2D eigenvalue weighted by Gasteiger charge is 2.71. The summed E-state index contributed by atoms with van der Waals surface area (Å²) in [6.07, 6.45) is 10.8. The average molecular weight is 689 g/mol. The molecule has 1 aromatic heterocycles. The van der Waals surface area contributed by atoms with E-state index < -0.39 is 22.8 Å². The van der Waals surface area contributed by atoms with Gasteiger partial charge in [0.1, 0.15) is 6.10 Å². The smallest absolute Gasteiger partial charge is 0.309 e. The van der Waals surface area contributed by atoms with Gasteiger partial charge in [0.25, 0.3) is 0 Å². The van der Waals surface area contributed by atoms with Crippen LogP contribution in [0, 0.1) is 56.2 Å². The molecule has 6 rings (SSSR count). The second-order valence-corrected chi connectivity index (χ2v) is 19.0. The quantitative estimate of drug-likeness (QED) is 0.265. The van der Waals surface area contributed by atoms with Gasteiger partial charge in [-0.3, -0.25) is 24.2 Å². The van der Waals surface area contributed by atoms with Crippen LogP contribution in [0.1, 0.15) is 132 Å². The fourth-order valence-corrected chi connectivity index (χ4v) is 12.6. The lowest BCUT2D eigenvalue weighted by molar-refractivity contribution is -0.233. The third-order valence-electron chi connectivity index (χ3n) is 15.4. The first-order valence-corrected chi connectivity index (χ1v) is 19.1. The van der Waals surface area contributed by atoms with Gasteiger partial charge in [-0.1, -0.05) is 54.5 Å². The second kappa shape index (κ2) is 12.3. The number of carboxylic acid groups (broad SMARTS) is 1.